The molecule has 0 aromatic heterocycles. The van der Waals surface area contributed by atoms with E-state index in [0.29, 0.717) is 32.6 Å². The molecule has 0 bridgehead atoms. The fourth-order valence-corrected chi connectivity index (χ4v) is 3.06. The fourth-order valence-electron chi connectivity index (χ4n) is 3.06. The lowest BCUT2D eigenvalue weighted by atomic mass is 9.91. The number of carbonyl (C=O) groups is 2. The lowest BCUT2D eigenvalue weighted by Gasteiger charge is -2.38. The Morgan fingerprint density at radius 1 is 1.17 bits per heavy atom. The van der Waals surface area contributed by atoms with Crippen molar-refractivity contribution in [1.82, 2.24) is 15.1 Å². The third kappa shape index (κ3) is 5.07. The van der Waals surface area contributed by atoms with Crippen molar-refractivity contribution < 1.29 is 19.4 Å². The van der Waals surface area contributed by atoms with Crippen LogP contribution in [0.2, 0.25) is 0 Å². The highest BCUT2D eigenvalue weighted by molar-refractivity contribution is 5.79. The summed E-state index contributed by atoms with van der Waals surface area (Å²) in [5.74, 6) is 0.121. The van der Waals surface area contributed by atoms with Crippen LogP contribution in [0.15, 0.2) is 0 Å². The molecule has 2 atom stereocenters. The van der Waals surface area contributed by atoms with Gasteiger partial charge in [0.2, 0.25) is 5.91 Å². The van der Waals surface area contributed by atoms with Gasteiger partial charge in [-0.25, -0.2) is 4.79 Å². The molecule has 0 aromatic carbocycles. The molecule has 7 nitrogen and oxygen atoms in total. The molecule has 2 saturated heterocycles. The Kier molecular flexibility index (Phi) is 5.86. The summed E-state index contributed by atoms with van der Waals surface area (Å²) in [6.45, 7) is 8.48. The molecule has 2 N–H and O–H groups in total. The third-order valence-electron chi connectivity index (χ3n) is 4.31. The molecular weight excluding hydrogens is 298 g/mol. The third-order valence-corrected chi connectivity index (χ3v) is 4.31. The Morgan fingerprint density at radius 2 is 1.78 bits per heavy atom. The van der Waals surface area contributed by atoms with Crippen LogP contribution in [0.1, 0.15) is 33.6 Å². The number of nitrogens with one attached hydrogen (secondary N) is 1. The van der Waals surface area contributed by atoms with Crippen LogP contribution in [0.5, 0.6) is 0 Å². The molecule has 2 amide bonds. The van der Waals surface area contributed by atoms with Gasteiger partial charge in [0.25, 0.3) is 0 Å². The van der Waals surface area contributed by atoms with Crippen molar-refractivity contribution in [1.29, 1.82) is 0 Å². The molecule has 0 saturated carbocycles. The summed E-state index contributed by atoms with van der Waals surface area (Å²) in [6.07, 6.45) is 1.18. The summed E-state index contributed by atoms with van der Waals surface area (Å²) in [4.78, 5) is 28.1. The van der Waals surface area contributed by atoms with Crippen LogP contribution < -0.4 is 5.32 Å². The van der Waals surface area contributed by atoms with Gasteiger partial charge in [0, 0.05) is 38.1 Å². The number of rotatable bonds is 2. The van der Waals surface area contributed by atoms with Crippen LogP contribution in [-0.4, -0.2) is 77.9 Å². The Morgan fingerprint density at radius 3 is 2.35 bits per heavy atom. The first-order chi connectivity index (χ1) is 10.8. The molecule has 0 aromatic rings. The standard InChI is InChI=1S/C16H29N3O4/c1-16(2,3)23-15(22)19-8-6-18(7-9-19)14(21)12-4-5-17-13(10-12)11-20/h12-13,17,20H,4-11H2,1-3H3. The van der Waals surface area contributed by atoms with E-state index in [1.54, 1.807) is 4.90 Å². The van der Waals surface area contributed by atoms with Gasteiger partial charge in [-0.1, -0.05) is 0 Å². The van der Waals surface area contributed by atoms with Crippen molar-refractivity contribution in [3.63, 3.8) is 0 Å². The predicted molar refractivity (Wildman–Crippen MR) is 86.0 cm³/mol. The molecule has 0 spiro atoms. The number of piperazine rings is 1. The van der Waals surface area contributed by atoms with E-state index in [1.165, 1.54) is 0 Å². The van der Waals surface area contributed by atoms with Gasteiger partial charge < -0.3 is 25.0 Å². The van der Waals surface area contributed by atoms with E-state index in [2.05, 4.69) is 5.32 Å². The predicted octanol–water partition coefficient (Wildman–Crippen LogP) is 0.426. The van der Waals surface area contributed by atoms with E-state index in [-0.39, 0.29) is 30.6 Å². The number of hydrogen-bond donors (Lipinski definition) is 2. The minimum Gasteiger partial charge on any atom is -0.444 e. The summed E-state index contributed by atoms with van der Waals surface area (Å²) in [6, 6.07) is 0.0146. The molecule has 0 radical (unpaired) electrons. The van der Waals surface area contributed by atoms with E-state index < -0.39 is 5.60 Å². The van der Waals surface area contributed by atoms with E-state index in [9.17, 15) is 14.7 Å². The van der Waals surface area contributed by atoms with Gasteiger partial charge in [0.05, 0.1) is 6.61 Å². The molecule has 7 heteroatoms. The van der Waals surface area contributed by atoms with E-state index >= 15 is 0 Å². The highest BCUT2D eigenvalue weighted by atomic mass is 16.6. The number of piperidine rings is 1. The number of aliphatic hydroxyl groups excluding tert-OH is 1. The highest BCUT2D eigenvalue weighted by Gasteiger charge is 2.33. The summed E-state index contributed by atoms with van der Waals surface area (Å²) in [5.41, 5.74) is -0.502. The molecule has 2 aliphatic rings. The van der Waals surface area contributed by atoms with E-state index in [0.717, 1.165) is 13.0 Å². The van der Waals surface area contributed by atoms with Crippen molar-refractivity contribution in [3.05, 3.63) is 0 Å². The van der Waals surface area contributed by atoms with Crippen molar-refractivity contribution in [3.8, 4) is 0 Å². The van der Waals surface area contributed by atoms with Crippen LogP contribution >= 0.6 is 0 Å². The van der Waals surface area contributed by atoms with E-state index in [4.69, 9.17) is 4.74 Å². The second-order valence-corrected chi connectivity index (χ2v) is 7.35. The number of amides is 2. The summed E-state index contributed by atoms with van der Waals surface area (Å²) < 4.78 is 5.37. The lowest BCUT2D eigenvalue weighted by Crippen LogP contribution is -2.54. The van der Waals surface area contributed by atoms with Gasteiger partial charge in [-0.05, 0) is 40.2 Å². The van der Waals surface area contributed by atoms with Crippen LogP contribution in [0.25, 0.3) is 0 Å². The van der Waals surface area contributed by atoms with E-state index in [1.807, 2.05) is 25.7 Å². The zero-order chi connectivity index (χ0) is 17.0. The monoisotopic (exact) mass is 327 g/mol. The van der Waals surface area contributed by atoms with Crippen molar-refractivity contribution in [2.45, 2.75) is 45.3 Å². The molecule has 2 fully saturated rings. The highest BCUT2D eigenvalue weighted by Crippen LogP contribution is 2.20. The number of carbonyl (C=O) groups excluding carboxylic acids is 2. The molecule has 2 aliphatic heterocycles. The maximum Gasteiger partial charge on any atom is 0.410 e. The van der Waals surface area contributed by atoms with Crippen molar-refractivity contribution >= 4 is 12.0 Å². The zero-order valence-electron chi connectivity index (χ0n) is 14.4. The summed E-state index contributed by atoms with van der Waals surface area (Å²) in [7, 11) is 0. The molecule has 2 rings (SSSR count). The quantitative estimate of drug-likeness (QED) is 0.768. The Labute approximate surface area is 138 Å². The second kappa shape index (κ2) is 7.49. The summed E-state index contributed by atoms with van der Waals surface area (Å²) >= 11 is 0. The van der Waals surface area contributed by atoms with Crippen LogP contribution in [0.4, 0.5) is 4.79 Å². The first-order valence-corrected chi connectivity index (χ1v) is 8.41. The molecule has 2 unspecified atom stereocenters. The smallest absolute Gasteiger partial charge is 0.410 e. The molecule has 2 heterocycles. The maximum absolute atomic E-state index is 12.6. The van der Waals surface area contributed by atoms with Crippen molar-refractivity contribution in [2.24, 2.45) is 5.92 Å². The summed E-state index contributed by atoms with van der Waals surface area (Å²) in [5, 5.41) is 12.5. The van der Waals surface area contributed by atoms with Gasteiger partial charge >= 0.3 is 6.09 Å². The van der Waals surface area contributed by atoms with Crippen LogP contribution in [0, 0.1) is 5.92 Å². The van der Waals surface area contributed by atoms with Gasteiger partial charge in [-0.2, -0.15) is 0 Å². The van der Waals surface area contributed by atoms with Crippen molar-refractivity contribution in [2.75, 3.05) is 39.3 Å². The minimum atomic E-state index is -0.502. The Bertz CT molecular complexity index is 428. The number of ether oxygens (including phenoxy) is 1. The van der Waals surface area contributed by atoms with Crippen LogP contribution in [-0.2, 0) is 9.53 Å². The Hall–Kier alpha value is -1.34. The van der Waals surface area contributed by atoms with Gasteiger partial charge in [-0.15, -0.1) is 0 Å². The molecule has 0 aliphatic carbocycles. The van der Waals surface area contributed by atoms with Gasteiger partial charge in [0.1, 0.15) is 5.60 Å². The first-order valence-electron chi connectivity index (χ1n) is 8.41. The fraction of sp³-hybridized carbons (Fsp3) is 0.875. The number of aliphatic hydroxyl groups is 1. The number of hydrogen-bond acceptors (Lipinski definition) is 5. The first kappa shape index (κ1) is 18.0. The second-order valence-electron chi connectivity index (χ2n) is 7.35. The average Bonchev–Trinajstić information content (AvgIpc) is 2.53. The van der Waals surface area contributed by atoms with Crippen LogP contribution in [0.3, 0.4) is 0 Å². The maximum atomic E-state index is 12.6. The average molecular weight is 327 g/mol. The Balaban J connectivity index is 1.82. The SMILES string of the molecule is CC(C)(C)OC(=O)N1CCN(C(=O)C2CCNC(CO)C2)CC1. The van der Waals surface area contributed by atoms with Gasteiger partial charge in [0.15, 0.2) is 0 Å². The molecular formula is C16H29N3O4. The molecule has 132 valence electrons. The largest absolute Gasteiger partial charge is 0.444 e. The minimum absolute atomic E-state index is 0.0146. The topological polar surface area (TPSA) is 82.1 Å². The number of nitrogens with zero attached hydrogens (tertiary/aromatic N) is 2. The molecule has 23 heavy (non-hydrogen) atoms. The lowest BCUT2D eigenvalue weighted by molar-refractivity contribution is -0.138. The normalized spacial score (nSPS) is 26.1. The van der Waals surface area contributed by atoms with Gasteiger partial charge in [-0.3, -0.25) is 4.79 Å². The zero-order valence-corrected chi connectivity index (χ0v) is 14.4.